The molecule has 7 rings (SSSR count). The van der Waals surface area contributed by atoms with Crippen molar-refractivity contribution in [2.75, 3.05) is 19.1 Å². The van der Waals surface area contributed by atoms with E-state index in [1.165, 1.54) is 31.4 Å². The van der Waals surface area contributed by atoms with Crippen molar-refractivity contribution < 1.29 is 38.9 Å². The number of hydrazine groups is 1. The number of allylic oxidation sites excluding steroid dienone is 2. The van der Waals surface area contributed by atoms with Crippen molar-refractivity contribution in [2.24, 2.45) is 23.7 Å². The van der Waals surface area contributed by atoms with E-state index in [-0.39, 0.29) is 46.4 Å². The Kier molecular flexibility index (Phi) is 8.56. The summed E-state index contributed by atoms with van der Waals surface area (Å²) in [6.45, 7) is -0.281. The molecular weight excluding hydrogens is 709 g/mol. The number of anilines is 1. The number of benzene rings is 3. The van der Waals surface area contributed by atoms with Crippen LogP contribution in [0.3, 0.4) is 0 Å². The topological polar surface area (TPSA) is 154 Å². The molecule has 6 atom stereocenters. The van der Waals surface area contributed by atoms with Gasteiger partial charge in [0.15, 0.2) is 0 Å². The van der Waals surface area contributed by atoms with Crippen LogP contribution in [0.5, 0.6) is 11.5 Å². The zero-order valence-corrected chi connectivity index (χ0v) is 28.7. The first-order valence-corrected chi connectivity index (χ1v) is 17.0. The highest BCUT2D eigenvalue weighted by Gasteiger charge is 2.70. The molecule has 3 aromatic carbocycles. The van der Waals surface area contributed by atoms with Crippen molar-refractivity contribution in [3.05, 3.63) is 98.5 Å². The highest BCUT2D eigenvalue weighted by Crippen LogP contribution is 2.65. The van der Waals surface area contributed by atoms with Crippen LogP contribution >= 0.6 is 34.8 Å². The highest BCUT2D eigenvalue weighted by atomic mass is 35.5. The van der Waals surface area contributed by atoms with Gasteiger partial charge in [-0.15, -0.1) is 0 Å². The molecule has 4 aliphatic rings. The molecule has 50 heavy (non-hydrogen) atoms. The Bertz CT molecular complexity index is 2000. The number of phenols is 1. The predicted molar refractivity (Wildman–Crippen MR) is 183 cm³/mol. The standard InChI is InChI=1S/C36H30Cl3N3O8/c1-50-20-6-2-17(3-7-20)36-25(33(47)42(35(36)49)40-27-10-4-19(38)15-26(27)39)16-23-21(31(36)24-14-18(37)5-11-28(24)43)8-9-22-30(23)34(48)41(32(22)46)13-12-29(44)45/h2-8,10-11,14-15,22-23,25,30-31,40,43H,9,12-13,16H2,1H3,(H,44,45)/t22-,23+,25-,30-,31+,36+/m0/s1. The second kappa shape index (κ2) is 12.6. The minimum absolute atomic E-state index is 0.000247. The first-order chi connectivity index (χ1) is 23.9. The van der Waals surface area contributed by atoms with Gasteiger partial charge in [-0.3, -0.25) is 34.3 Å². The number of likely N-dealkylation sites (tertiary alicyclic amines) is 1. The third kappa shape index (κ3) is 5.13. The summed E-state index contributed by atoms with van der Waals surface area (Å²) >= 11 is 19.1. The van der Waals surface area contributed by atoms with E-state index < -0.39 is 71.0 Å². The molecule has 0 aromatic heterocycles. The minimum atomic E-state index is -1.68. The maximum Gasteiger partial charge on any atom is 0.305 e. The van der Waals surface area contributed by atoms with Gasteiger partial charge in [0, 0.05) is 28.1 Å². The molecule has 4 amide bonds. The first kappa shape index (κ1) is 33.9. The monoisotopic (exact) mass is 737 g/mol. The molecule has 1 saturated carbocycles. The van der Waals surface area contributed by atoms with Gasteiger partial charge in [-0.05, 0) is 72.9 Å². The van der Waals surface area contributed by atoms with Crippen molar-refractivity contribution in [1.29, 1.82) is 0 Å². The van der Waals surface area contributed by atoms with Crippen LogP contribution < -0.4 is 10.2 Å². The van der Waals surface area contributed by atoms with Gasteiger partial charge in [0.1, 0.15) is 11.5 Å². The lowest BCUT2D eigenvalue weighted by Crippen LogP contribution is -2.53. The number of methoxy groups -OCH3 is 1. The van der Waals surface area contributed by atoms with Gasteiger partial charge in [-0.1, -0.05) is 58.6 Å². The number of carboxylic acid groups (broad SMARTS) is 1. The first-order valence-electron chi connectivity index (χ1n) is 15.9. The normalized spacial score (nSPS) is 27.1. The van der Waals surface area contributed by atoms with Crippen LogP contribution in [0.2, 0.25) is 15.1 Å². The molecule has 3 N–H and O–H groups in total. The van der Waals surface area contributed by atoms with Crippen LogP contribution in [0.4, 0.5) is 5.69 Å². The van der Waals surface area contributed by atoms with Crippen LogP contribution in [-0.2, 0) is 29.4 Å². The molecule has 258 valence electrons. The number of hydrogen-bond donors (Lipinski definition) is 3. The smallest absolute Gasteiger partial charge is 0.305 e. The number of halogens is 3. The lowest BCUT2D eigenvalue weighted by atomic mass is 9.49. The zero-order chi connectivity index (χ0) is 35.6. The van der Waals surface area contributed by atoms with Gasteiger partial charge in [-0.2, -0.15) is 5.01 Å². The Morgan fingerprint density at radius 3 is 2.32 bits per heavy atom. The second-order valence-corrected chi connectivity index (χ2v) is 14.2. The molecule has 3 fully saturated rings. The summed E-state index contributed by atoms with van der Waals surface area (Å²) in [5.41, 5.74) is 2.79. The van der Waals surface area contributed by atoms with E-state index in [0.717, 1.165) is 9.91 Å². The van der Waals surface area contributed by atoms with Gasteiger partial charge in [0.05, 0.1) is 47.4 Å². The third-order valence-electron chi connectivity index (χ3n) is 10.5. The quantitative estimate of drug-likeness (QED) is 0.192. The second-order valence-electron chi connectivity index (χ2n) is 12.9. The molecule has 14 heteroatoms. The summed E-state index contributed by atoms with van der Waals surface area (Å²) in [5.74, 6) is -7.60. The van der Waals surface area contributed by atoms with E-state index in [1.807, 2.05) is 6.08 Å². The fraction of sp³-hybridized carbons (Fsp3) is 0.306. The number of phenolic OH excluding ortho intramolecular Hbond substituents is 1. The van der Waals surface area contributed by atoms with Crippen LogP contribution in [0.1, 0.15) is 36.3 Å². The van der Waals surface area contributed by atoms with Crippen LogP contribution in [-0.4, -0.2) is 63.4 Å². The van der Waals surface area contributed by atoms with Gasteiger partial charge in [0.2, 0.25) is 11.8 Å². The van der Waals surface area contributed by atoms with E-state index in [4.69, 9.17) is 39.5 Å². The summed E-state index contributed by atoms with van der Waals surface area (Å²) in [4.78, 5) is 69.9. The molecular formula is C36H30Cl3N3O8. The SMILES string of the molecule is COc1ccc([C@@]23C(=O)N(Nc4ccc(Cl)cc4Cl)C(=O)[C@@H]2C[C@@H]2C(=CC[C@@H]4C(=O)N(CCC(=O)O)C(=O)[C@@H]42)[C@@H]3c2cc(Cl)ccc2O)cc1. The number of nitrogens with one attached hydrogen (secondary N) is 1. The lowest BCUT2D eigenvalue weighted by molar-refractivity contribution is -0.143. The van der Waals surface area contributed by atoms with Crippen molar-refractivity contribution in [3.8, 4) is 11.5 Å². The van der Waals surface area contributed by atoms with Gasteiger partial charge in [0.25, 0.3) is 11.8 Å². The molecule has 3 aromatic rings. The number of imide groups is 2. The fourth-order valence-corrected chi connectivity index (χ4v) is 9.07. The van der Waals surface area contributed by atoms with Crippen LogP contribution in [0, 0.1) is 23.7 Å². The largest absolute Gasteiger partial charge is 0.508 e. The average molecular weight is 739 g/mol. The number of nitrogens with zero attached hydrogens (tertiary/aromatic N) is 2. The number of carboxylic acids is 1. The molecule has 0 radical (unpaired) electrons. The molecule has 2 aliphatic heterocycles. The van der Waals surface area contributed by atoms with E-state index in [9.17, 15) is 29.4 Å². The minimum Gasteiger partial charge on any atom is -0.508 e. The maximum absolute atomic E-state index is 15.2. The van der Waals surface area contributed by atoms with E-state index in [1.54, 1.807) is 36.4 Å². The van der Waals surface area contributed by atoms with E-state index >= 15 is 4.79 Å². The Morgan fingerprint density at radius 2 is 1.64 bits per heavy atom. The summed E-state index contributed by atoms with van der Waals surface area (Å²) in [5, 5.41) is 22.4. The predicted octanol–water partition coefficient (Wildman–Crippen LogP) is 5.82. The number of carbonyl (C=O) groups excluding carboxylic acids is 4. The number of amides is 4. The van der Waals surface area contributed by atoms with Crippen molar-refractivity contribution in [1.82, 2.24) is 9.91 Å². The number of ether oxygens (including phenoxy) is 1. The molecule has 0 spiro atoms. The Morgan fingerprint density at radius 1 is 0.940 bits per heavy atom. The molecule has 0 bridgehead atoms. The highest BCUT2D eigenvalue weighted by molar-refractivity contribution is 6.36. The fourth-order valence-electron chi connectivity index (χ4n) is 8.44. The van der Waals surface area contributed by atoms with Gasteiger partial charge >= 0.3 is 5.97 Å². The Hall–Kier alpha value is -4.58. The summed E-state index contributed by atoms with van der Waals surface area (Å²) < 4.78 is 5.40. The maximum atomic E-state index is 15.2. The number of carbonyl (C=O) groups is 5. The molecule has 2 aliphatic carbocycles. The number of aromatic hydroxyl groups is 1. The summed E-state index contributed by atoms with van der Waals surface area (Å²) in [6, 6.07) is 15.8. The molecule has 2 saturated heterocycles. The number of fused-ring (bicyclic) bond motifs is 4. The summed E-state index contributed by atoms with van der Waals surface area (Å²) in [6.07, 6.45) is 1.55. The number of aliphatic carboxylic acids is 1. The molecule has 11 nitrogen and oxygen atoms in total. The Balaban J connectivity index is 1.45. The van der Waals surface area contributed by atoms with Crippen LogP contribution in [0.25, 0.3) is 0 Å². The van der Waals surface area contributed by atoms with Crippen molar-refractivity contribution in [3.63, 3.8) is 0 Å². The lowest BCUT2D eigenvalue weighted by Gasteiger charge is -2.50. The van der Waals surface area contributed by atoms with Gasteiger partial charge in [-0.25, -0.2) is 0 Å². The van der Waals surface area contributed by atoms with Gasteiger partial charge < -0.3 is 14.9 Å². The third-order valence-corrected chi connectivity index (χ3v) is 11.3. The van der Waals surface area contributed by atoms with Crippen molar-refractivity contribution in [2.45, 2.75) is 30.6 Å². The number of hydrogen-bond acceptors (Lipinski definition) is 8. The Labute approximate surface area is 301 Å². The van der Waals surface area contributed by atoms with Crippen LogP contribution in [0.15, 0.2) is 72.3 Å². The van der Waals surface area contributed by atoms with Crippen molar-refractivity contribution >= 4 is 70.1 Å². The summed E-state index contributed by atoms with van der Waals surface area (Å²) in [7, 11) is 1.50. The van der Waals surface area contributed by atoms with E-state index in [0.29, 0.717) is 21.9 Å². The average Bonchev–Trinajstić information content (AvgIpc) is 3.46. The molecule has 2 heterocycles. The molecule has 0 unspecified atom stereocenters. The number of rotatable bonds is 8. The van der Waals surface area contributed by atoms with E-state index in [2.05, 4.69) is 5.43 Å². The zero-order valence-electron chi connectivity index (χ0n) is 26.4.